The van der Waals surface area contributed by atoms with Gasteiger partial charge in [0.1, 0.15) is 12.4 Å². The second-order valence-electron chi connectivity index (χ2n) is 7.77. The summed E-state index contributed by atoms with van der Waals surface area (Å²) in [5.74, 6) is 1.63. The maximum atomic E-state index is 5.94. The lowest BCUT2D eigenvalue weighted by Gasteiger charge is -2.08. The molecule has 0 saturated carbocycles. The molecular weight excluding hydrogens is 398 g/mol. The molecule has 158 valence electrons. The molecule has 6 heteroatoms. The molecule has 0 spiro atoms. The van der Waals surface area contributed by atoms with Gasteiger partial charge >= 0.3 is 0 Å². The van der Waals surface area contributed by atoms with Crippen LogP contribution in [0.2, 0.25) is 0 Å². The standard InChI is InChI=1S/C26H23N5O/c1-2-4-25-22(3-1)13-14-23(27-25)18-32-24-15-11-20(12-16-24)6-5-19-7-9-21(10-8-19)17-26-28-30-31-29-26/h1-4,7-16H,5-6,17-18H2,(H,28,29,30,31). The second-order valence-corrected chi connectivity index (χ2v) is 7.77. The number of rotatable bonds is 8. The molecule has 2 aromatic heterocycles. The van der Waals surface area contributed by atoms with Gasteiger partial charge in [0.25, 0.3) is 0 Å². The van der Waals surface area contributed by atoms with Gasteiger partial charge in [-0.15, -0.1) is 5.10 Å². The normalized spacial score (nSPS) is 11.0. The summed E-state index contributed by atoms with van der Waals surface area (Å²) in [6.45, 7) is 0.459. The number of tetrazole rings is 1. The lowest BCUT2D eigenvalue weighted by Crippen LogP contribution is -1.99. The minimum Gasteiger partial charge on any atom is -0.487 e. The van der Waals surface area contributed by atoms with Crippen LogP contribution in [0, 0.1) is 0 Å². The highest BCUT2D eigenvalue weighted by Gasteiger charge is 2.03. The molecule has 0 radical (unpaired) electrons. The monoisotopic (exact) mass is 421 g/mol. The number of nitrogens with one attached hydrogen (secondary N) is 1. The molecule has 0 unspecified atom stereocenters. The predicted octanol–water partition coefficient (Wildman–Crippen LogP) is 4.70. The topological polar surface area (TPSA) is 76.6 Å². The van der Waals surface area contributed by atoms with Gasteiger partial charge in [-0.1, -0.05) is 60.7 Å². The second kappa shape index (κ2) is 9.39. The number of H-pyrrole nitrogens is 1. The van der Waals surface area contributed by atoms with Gasteiger partial charge in [-0.25, -0.2) is 10.1 Å². The summed E-state index contributed by atoms with van der Waals surface area (Å²) in [6.07, 6.45) is 2.69. The van der Waals surface area contributed by atoms with Gasteiger partial charge in [0, 0.05) is 11.8 Å². The van der Waals surface area contributed by atoms with Gasteiger partial charge in [-0.05, 0) is 64.2 Å². The third kappa shape index (κ3) is 4.98. The Morgan fingerprint density at radius 2 is 1.44 bits per heavy atom. The van der Waals surface area contributed by atoms with Crippen molar-refractivity contribution in [1.29, 1.82) is 0 Å². The van der Waals surface area contributed by atoms with Gasteiger partial charge in [-0.2, -0.15) is 0 Å². The molecule has 0 saturated heterocycles. The van der Waals surface area contributed by atoms with Crippen LogP contribution in [0.3, 0.4) is 0 Å². The van der Waals surface area contributed by atoms with Crippen LogP contribution >= 0.6 is 0 Å². The first-order valence-corrected chi connectivity index (χ1v) is 10.7. The summed E-state index contributed by atoms with van der Waals surface area (Å²) in [6, 6.07) is 29.2. The van der Waals surface area contributed by atoms with E-state index in [-0.39, 0.29) is 0 Å². The first-order valence-electron chi connectivity index (χ1n) is 10.7. The van der Waals surface area contributed by atoms with Crippen molar-refractivity contribution in [2.45, 2.75) is 25.9 Å². The molecule has 0 bridgehead atoms. The molecule has 0 aliphatic heterocycles. The average Bonchev–Trinajstić information content (AvgIpc) is 3.36. The zero-order valence-electron chi connectivity index (χ0n) is 17.6. The largest absolute Gasteiger partial charge is 0.487 e. The fraction of sp³-hybridized carbons (Fsp3) is 0.154. The number of hydrogen-bond acceptors (Lipinski definition) is 5. The van der Waals surface area contributed by atoms with Crippen LogP contribution in [-0.2, 0) is 25.9 Å². The van der Waals surface area contributed by atoms with Gasteiger partial charge < -0.3 is 4.74 Å². The van der Waals surface area contributed by atoms with E-state index in [0.717, 1.165) is 41.0 Å². The van der Waals surface area contributed by atoms with Crippen LogP contribution in [0.1, 0.15) is 28.2 Å². The Morgan fingerprint density at radius 1 is 0.719 bits per heavy atom. The van der Waals surface area contributed by atoms with Crippen molar-refractivity contribution >= 4 is 10.9 Å². The molecule has 2 heterocycles. The lowest BCUT2D eigenvalue weighted by atomic mass is 10.0. The number of pyridine rings is 1. The third-order valence-corrected chi connectivity index (χ3v) is 5.45. The Hall–Kier alpha value is -4.06. The molecule has 32 heavy (non-hydrogen) atoms. The van der Waals surface area contributed by atoms with Crippen molar-refractivity contribution in [3.8, 4) is 5.75 Å². The van der Waals surface area contributed by atoms with Gasteiger partial charge in [0.05, 0.1) is 11.2 Å². The summed E-state index contributed by atoms with van der Waals surface area (Å²) in [5.41, 5.74) is 5.71. The Kier molecular flexibility index (Phi) is 5.83. The van der Waals surface area contributed by atoms with Crippen molar-refractivity contribution in [2.75, 3.05) is 0 Å². The van der Waals surface area contributed by atoms with Gasteiger partial charge in [-0.3, -0.25) is 0 Å². The minimum atomic E-state index is 0.459. The SMILES string of the molecule is c1ccc2nc(COc3ccc(CCc4ccc(Cc5nnn[nH]5)cc4)cc3)ccc2c1. The zero-order valence-corrected chi connectivity index (χ0v) is 17.6. The average molecular weight is 422 g/mol. The number of para-hydroxylation sites is 1. The van der Waals surface area contributed by atoms with E-state index in [0.29, 0.717) is 13.0 Å². The number of fused-ring (bicyclic) bond motifs is 1. The molecule has 5 rings (SSSR count). The molecule has 5 aromatic rings. The molecule has 0 aliphatic carbocycles. The van der Waals surface area contributed by atoms with Crippen LogP contribution in [0.15, 0.2) is 84.9 Å². The third-order valence-electron chi connectivity index (χ3n) is 5.45. The van der Waals surface area contributed by atoms with Crippen LogP contribution in [-0.4, -0.2) is 25.6 Å². The maximum absolute atomic E-state index is 5.94. The number of aryl methyl sites for hydroxylation is 2. The van der Waals surface area contributed by atoms with Crippen molar-refractivity contribution in [1.82, 2.24) is 25.6 Å². The first kappa shape index (κ1) is 19.9. The van der Waals surface area contributed by atoms with Crippen LogP contribution in [0.5, 0.6) is 5.75 Å². The molecule has 1 N–H and O–H groups in total. The minimum absolute atomic E-state index is 0.459. The fourth-order valence-corrected chi connectivity index (χ4v) is 3.66. The first-order chi connectivity index (χ1) is 15.8. The van der Waals surface area contributed by atoms with E-state index in [2.05, 4.69) is 74.1 Å². The number of aromatic amines is 1. The molecule has 6 nitrogen and oxygen atoms in total. The van der Waals surface area contributed by atoms with Gasteiger partial charge in [0.2, 0.25) is 0 Å². The molecule has 0 aliphatic rings. The van der Waals surface area contributed by atoms with Gasteiger partial charge in [0.15, 0.2) is 5.82 Å². The number of nitrogens with zero attached hydrogens (tertiary/aromatic N) is 4. The Balaban J connectivity index is 1.12. The number of benzene rings is 3. The van der Waals surface area contributed by atoms with Crippen molar-refractivity contribution in [3.05, 3.63) is 113 Å². The van der Waals surface area contributed by atoms with E-state index in [9.17, 15) is 0 Å². The highest BCUT2D eigenvalue weighted by atomic mass is 16.5. The molecule has 0 fully saturated rings. The highest BCUT2D eigenvalue weighted by molar-refractivity contribution is 5.78. The van der Waals surface area contributed by atoms with Crippen LogP contribution in [0.25, 0.3) is 10.9 Å². The quantitative estimate of drug-likeness (QED) is 0.393. The molecule has 0 amide bonds. The van der Waals surface area contributed by atoms with Crippen LogP contribution < -0.4 is 4.74 Å². The molecular formula is C26H23N5O. The van der Waals surface area contributed by atoms with E-state index in [1.807, 2.05) is 36.4 Å². The summed E-state index contributed by atoms with van der Waals surface area (Å²) < 4.78 is 5.94. The zero-order chi connectivity index (χ0) is 21.6. The van der Waals surface area contributed by atoms with Crippen molar-refractivity contribution in [3.63, 3.8) is 0 Å². The highest BCUT2D eigenvalue weighted by Crippen LogP contribution is 2.17. The smallest absolute Gasteiger partial charge is 0.152 e. The molecule has 3 aromatic carbocycles. The Morgan fingerprint density at radius 3 is 2.19 bits per heavy atom. The van der Waals surface area contributed by atoms with Crippen molar-refractivity contribution in [2.24, 2.45) is 0 Å². The number of aromatic nitrogens is 5. The Labute approximate surface area is 186 Å². The van der Waals surface area contributed by atoms with E-state index in [4.69, 9.17) is 4.74 Å². The summed E-state index contributed by atoms with van der Waals surface area (Å²) >= 11 is 0. The lowest BCUT2D eigenvalue weighted by molar-refractivity contribution is 0.301. The van der Waals surface area contributed by atoms with E-state index in [1.165, 1.54) is 16.7 Å². The van der Waals surface area contributed by atoms with E-state index >= 15 is 0 Å². The summed E-state index contributed by atoms with van der Waals surface area (Å²) in [5, 5.41) is 15.1. The number of hydrogen-bond donors (Lipinski definition) is 1. The van der Waals surface area contributed by atoms with Crippen molar-refractivity contribution < 1.29 is 4.74 Å². The maximum Gasteiger partial charge on any atom is 0.152 e. The predicted molar refractivity (Wildman–Crippen MR) is 123 cm³/mol. The van der Waals surface area contributed by atoms with Crippen LogP contribution in [0.4, 0.5) is 0 Å². The number of ether oxygens (including phenoxy) is 1. The van der Waals surface area contributed by atoms with E-state index in [1.54, 1.807) is 0 Å². The summed E-state index contributed by atoms with van der Waals surface area (Å²) in [4.78, 5) is 4.66. The van der Waals surface area contributed by atoms with E-state index < -0.39 is 0 Å². The molecule has 0 atom stereocenters. The Bertz CT molecular complexity index is 1280. The summed E-state index contributed by atoms with van der Waals surface area (Å²) in [7, 11) is 0. The fourth-order valence-electron chi connectivity index (χ4n) is 3.66.